The van der Waals surface area contributed by atoms with Crippen LogP contribution in [-0.2, 0) is 5.54 Å². The number of imidazole rings is 1. The van der Waals surface area contributed by atoms with E-state index in [9.17, 15) is 9.90 Å². The molecular formula is C14H13N3O2S. The summed E-state index contributed by atoms with van der Waals surface area (Å²) in [7, 11) is 0. The number of benzene rings is 1. The summed E-state index contributed by atoms with van der Waals surface area (Å²) in [6.07, 6.45) is 3.45. The minimum atomic E-state index is -0.965. The highest BCUT2D eigenvalue weighted by Gasteiger charge is 2.28. The minimum absolute atomic E-state index is 0.219. The molecule has 2 heterocycles. The van der Waals surface area contributed by atoms with Crippen LogP contribution in [0, 0.1) is 0 Å². The van der Waals surface area contributed by atoms with Gasteiger partial charge in [0.05, 0.1) is 22.9 Å². The van der Waals surface area contributed by atoms with E-state index in [-0.39, 0.29) is 11.1 Å². The van der Waals surface area contributed by atoms with Gasteiger partial charge in [-0.2, -0.15) is 0 Å². The summed E-state index contributed by atoms with van der Waals surface area (Å²) < 4.78 is 1.97. The molecule has 1 aromatic carbocycles. The average molecular weight is 287 g/mol. The Hall–Kier alpha value is -2.21. The molecule has 0 bridgehead atoms. The first kappa shape index (κ1) is 12.8. The van der Waals surface area contributed by atoms with Gasteiger partial charge in [-0.25, -0.2) is 14.8 Å². The van der Waals surface area contributed by atoms with E-state index in [0.717, 1.165) is 10.5 Å². The van der Waals surface area contributed by atoms with Gasteiger partial charge in [0.1, 0.15) is 10.5 Å². The molecule has 2 aromatic heterocycles. The standard InChI is InChI=1S/C14H13N3O2S/c1-14(2,13-15-6-7-20-13)17-8-16-11-9(12(18)19)4-3-5-10(11)17/h3-8H,1-2H3,(H,18,19). The molecule has 0 unspecified atom stereocenters. The van der Waals surface area contributed by atoms with Crippen LogP contribution in [0.5, 0.6) is 0 Å². The molecule has 102 valence electrons. The monoisotopic (exact) mass is 287 g/mol. The van der Waals surface area contributed by atoms with E-state index in [0.29, 0.717) is 5.52 Å². The summed E-state index contributed by atoms with van der Waals surface area (Å²) in [6, 6.07) is 5.18. The lowest BCUT2D eigenvalue weighted by Gasteiger charge is -2.25. The van der Waals surface area contributed by atoms with Gasteiger partial charge in [-0.15, -0.1) is 11.3 Å². The lowest BCUT2D eigenvalue weighted by atomic mass is 10.1. The molecule has 0 atom stereocenters. The van der Waals surface area contributed by atoms with Gasteiger partial charge in [-0.3, -0.25) is 0 Å². The second-order valence-corrected chi connectivity index (χ2v) is 5.88. The summed E-state index contributed by atoms with van der Waals surface area (Å²) in [5.74, 6) is -0.965. The number of hydrogen-bond donors (Lipinski definition) is 1. The second-order valence-electron chi connectivity index (χ2n) is 4.99. The molecule has 0 aliphatic carbocycles. The van der Waals surface area contributed by atoms with Crippen molar-refractivity contribution in [2.75, 3.05) is 0 Å². The Labute approximate surface area is 119 Å². The lowest BCUT2D eigenvalue weighted by molar-refractivity contribution is 0.0699. The fraction of sp³-hybridized carbons (Fsp3) is 0.214. The van der Waals surface area contributed by atoms with Gasteiger partial charge < -0.3 is 9.67 Å². The van der Waals surface area contributed by atoms with Crippen molar-refractivity contribution in [1.82, 2.24) is 14.5 Å². The van der Waals surface area contributed by atoms with E-state index < -0.39 is 5.97 Å². The molecule has 0 amide bonds. The Kier molecular flexibility index (Phi) is 2.83. The fourth-order valence-electron chi connectivity index (χ4n) is 2.29. The number of carboxylic acids is 1. The first-order valence-electron chi connectivity index (χ1n) is 6.11. The zero-order valence-electron chi connectivity index (χ0n) is 11.1. The van der Waals surface area contributed by atoms with Crippen molar-refractivity contribution in [2.45, 2.75) is 19.4 Å². The van der Waals surface area contributed by atoms with E-state index in [4.69, 9.17) is 0 Å². The quantitative estimate of drug-likeness (QED) is 0.804. The van der Waals surface area contributed by atoms with Crippen molar-refractivity contribution in [3.8, 4) is 0 Å². The van der Waals surface area contributed by atoms with Crippen molar-refractivity contribution >= 4 is 28.3 Å². The molecule has 0 saturated carbocycles. The maximum atomic E-state index is 11.2. The number of para-hydroxylation sites is 1. The van der Waals surface area contributed by atoms with Crippen LogP contribution in [0.25, 0.3) is 11.0 Å². The largest absolute Gasteiger partial charge is 0.478 e. The van der Waals surface area contributed by atoms with Gasteiger partial charge in [-0.1, -0.05) is 6.07 Å². The number of aromatic carboxylic acids is 1. The molecule has 0 aliphatic rings. The van der Waals surface area contributed by atoms with Gasteiger partial charge in [0, 0.05) is 11.6 Å². The van der Waals surface area contributed by atoms with E-state index in [1.54, 1.807) is 36.0 Å². The molecule has 3 aromatic rings. The molecular weight excluding hydrogens is 274 g/mol. The summed E-state index contributed by atoms with van der Waals surface area (Å²) in [6.45, 7) is 4.08. The van der Waals surface area contributed by atoms with Crippen LogP contribution in [0.2, 0.25) is 0 Å². The number of carbonyl (C=O) groups is 1. The molecule has 6 heteroatoms. The fourth-order valence-corrected chi connectivity index (χ4v) is 3.04. The Bertz CT molecular complexity index is 775. The molecule has 1 N–H and O–H groups in total. The predicted octanol–water partition coefficient (Wildman–Crippen LogP) is 2.97. The minimum Gasteiger partial charge on any atom is -0.478 e. The van der Waals surface area contributed by atoms with Gasteiger partial charge in [0.2, 0.25) is 0 Å². The first-order chi connectivity index (χ1) is 9.51. The zero-order chi connectivity index (χ0) is 14.3. The highest BCUT2D eigenvalue weighted by atomic mass is 32.1. The van der Waals surface area contributed by atoms with Crippen LogP contribution >= 0.6 is 11.3 Å². The van der Waals surface area contributed by atoms with Gasteiger partial charge in [-0.05, 0) is 26.0 Å². The van der Waals surface area contributed by atoms with Crippen molar-refractivity contribution in [2.24, 2.45) is 0 Å². The van der Waals surface area contributed by atoms with Crippen molar-refractivity contribution in [3.63, 3.8) is 0 Å². The van der Waals surface area contributed by atoms with Crippen LogP contribution in [-0.4, -0.2) is 25.6 Å². The molecule has 20 heavy (non-hydrogen) atoms. The topological polar surface area (TPSA) is 68.0 Å². The summed E-state index contributed by atoms with van der Waals surface area (Å²) in [4.78, 5) is 19.9. The van der Waals surface area contributed by atoms with Crippen molar-refractivity contribution in [3.05, 3.63) is 46.7 Å². The number of aromatic nitrogens is 3. The average Bonchev–Trinajstić information content (AvgIpc) is 3.07. The third kappa shape index (κ3) is 1.80. The summed E-state index contributed by atoms with van der Waals surface area (Å²) in [5.41, 5.74) is 1.14. The van der Waals surface area contributed by atoms with Crippen LogP contribution in [0.15, 0.2) is 36.1 Å². The lowest BCUT2D eigenvalue weighted by Crippen LogP contribution is -2.26. The number of hydrogen-bond acceptors (Lipinski definition) is 4. The molecule has 5 nitrogen and oxygen atoms in total. The smallest absolute Gasteiger partial charge is 0.337 e. The van der Waals surface area contributed by atoms with E-state index in [2.05, 4.69) is 9.97 Å². The molecule has 0 radical (unpaired) electrons. The van der Waals surface area contributed by atoms with Crippen LogP contribution in [0.1, 0.15) is 29.2 Å². The molecule has 0 fully saturated rings. The number of carboxylic acid groups (broad SMARTS) is 1. The number of nitrogens with zero attached hydrogens (tertiary/aromatic N) is 3. The van der Waals surface area contributed by atoms with Crippen LogP contribution in [0.4, 0.5) is 0 Å². The van der Waals surface area contributed by atoms with Crippen molar-refractivity contribution < 1.29 is 9.90 Å². The van der Waals surface area contributed by atoms with Gasteiger partial charge >= 0.3 is 5.97 Å². The Morgan fingerprint density at radius 3 is 2.80 bits per heavy atom. The molecule has 3 rings (SSSR count). The van der Waals surface area contributed by atoms with E-state index in [1.807, 2.05) is 29.9 Å². The summed E-state index contributed by atoms with van der Waals surface area (Å²) in [5, 5.41) is 12.1. The zero-order valence-corrected chi connectivity index (χ0v) is 11.9. The molecule has 0 aliphatic heterocycles. The first-order valence-corrected chi connectivity index (χ1v) is 6.99. The van der Waals surface area contributed by atoms with E-state index >= 15 is 0 Å². The number of rotatable bonds is 3. The number of fused-ring (bicyclic) bond motifs is 1. The van der Waals surface area contributed by atoms with Crippen molar-refractivity contribution in [1.29, 1.82) is 0 Å². The van der Waals surface area contributed by atoms with E-state index in [1.165, 1.54) is 0 Å². The van der Waals surface area contributed by atoms with Crippen LogP contribution in [0.3, 0.4) is 0 Å². The maximum Gasteiger partial charge on any atom is 0.337 e. The predicted molar refractivity (Wildman–Crippen MR) is 77.2 cm³/mol. The Morgan fingerprint density at radius 2 is 2.15 bits per heavy atom. The SMILES string of the molecule is CC(C)(c1nccs1)n1cnc2c(C(=O)O)cccc21. The molecule has 0 spiro atoms. The van der Waals surface area contributed by atoms with Gasteiger partial charge in [0.15, 0.2) is 0 Å². The molecule has 0 saturated heterocycles. The second kappa shape index (κ2) is 4.42. The highest BCUT2D eigenvalue weighted by molar-refractivity contribution is 7.09. The normalized spacial score (nSPS) is 11.9. The van der Waals surface area contributed by atoms with Crippen LogP contribution < -0.4 is 0 Å². The highest BCUT2D eigenvalue weighted by Crippen LogP contribution is 2.31. The Morgan fingerprint density at radius 1 is 1.35 bits per heavy atom. The Balaban J connectivity index is 2.24. The maximum absolute atomic E-state index is 11.2. The number of thiazole rings is 1. The summed E-state index contributed by atoms with van der Waals surface area (Å²) >= 11 is 1.57. The third-order valence-corrected chi connectivity index (χ3v) is 4.45. The third-order valence-electron chi connectivity index (χ3n) is 3.36. The van der Waals surface area contributed by atoms with Gasteiger partial charge in [0.25, 0.3) is 0 Å².